The maximum Gasteiger partial charge on any atom is 0.416 e. The van der Waals surface area contributed by atoms with Crippen molar-refractivity contribution < 1.29 is 26.4 Å². The molecule has 0 spiro atoms. The SMILES string of the molecule is O=C(NC(=S)Nc1cccc(S(=O)(=O)Nc2cccc(C(F)(F)F)c2)c1)C12CC3CC(CC(C3)C1)C2. The molecular formula is C25H26F3N3O3S2. The molecule has 36 heavy (non-hydrogen) atoms. The van der Waals surface area contributed by atoms with Crippen LogP contribution >= 0.6 is 12.2 Å². The molecule has 0 unspecified atom stereocenters. The molecule has 4 saturated carbocycles. The van der Waals surface area contributed by atoms with Gasteiger partial charge in [0, 0.05) is 11.4 Å². The van der Waals surface area contributed by atoms with E-state index in [0.717, 1.165) is 37.5 Å². The average molecular weight is 538 g/mol. The van der Waals surface area contributed by atoms with Crippen LogP contribution in [-0.2, 0) is 21.0 Å². The second kappa shape index (κ2) is 9.02. The summed E-state index contributed by atoms with van der Waals surface area (Å²) in [6.45, 7) is 0. The predicted octanol–water partition coefficient (Wildman–Crippen LogP) is 5.54. The summed E-state index contributed by atoms with van der Waals surface area (Å²) in [5, 5.41) is 5.76. The monoisotopic (exact) mass is 537 g/mol. The van der Waals surface area contributed by atoms with E-state index in [2.05, 4.69) is 15.4 Å². The highest BCUT2D eigenvalue weighted by Crippen LogP contribution is 2.60. The van der Waals surface area contributed by atoms with Crippen molar-refractivity contribution in [1.29, 1.82) is 0 Å². The highest BCUT2D eigenvalue weighted by molar-refractivity contribution is 7.92. The molecule has 0 saturated heterocycles. The van der Waals surface area contributed by atoms with Crippen LogP contribution in [0.5, 0.6) is 0 Å². The first-order valence-electron chi connectivity index (χ1n) is 11.8. The van der Waals surface area contributed by atoms with Crippen molar-refractivity contribution in [3.63, 3.8) is 0 Å². The lowest BCUT2D eigenvalue weighted by molar-refractivity contribution is -0.144. The number of rotatable bonds is 5. The normalized spacial score (nSPS) is 26.9. The second-order valence-corrected chi connectivity index (χ2v) is 12.4. The van der Waals surface area contributed by atoms with Crippen LogP contribution in [0.15, 0.2) is 53.4 Å². The molecule has 192 valence electrons. The summed E-state index contributed by atoms with van der Waals surface area (Å²) in [5.74, 6) is 1.74. The minimum atomic E-state index is -4.60. The number of amides is 1. The molecule has 2 aromatic rings. The summed E-state index contributed by atoms with van der Waals surface area (Å²) in [7, 11) is -4.18. The summed E-state index contributed by atoms with van der Waals surface area (Å²) < 4.78 is 66.7. The van der Waals surface area contributed by atoms with Crippen molar-refractivity contribution in [2.75, 3.05) is 10.0 Å². The summed E-state index contributed by atoms with van der Waals surface area (Å²) in [5.41, 5.74) is -1.21. The standard InChI is InChI=1S/C25H26F3N3O3S2/c26-25(27,28)18-3-1-5-20(10-18)31-36(33,34)21-6-2-4-19(11-21)29-23(35)30-22(32)24-12-15-7-16(13-24)9-17(8-15)14-24/h1-6,10-11,15-17,31H,7-9,12-14H2,(H2,29,30,32,35). The van der Waals surface area contributed by atoms with Gasteiger partial charge in [-0.15, -0.1) is 0 Å². The van der Waals surface area contributed by atoms with Crippen molar-refractivity contribution in [2.24, 2.45) is 23.2 Å². The molecule has 4 aliphatic rings. The van der Waals surface area contributed by atoms with Crippen molar-refractivity contribution >= 4 is 44.6 Å². The third-order valence-electron chi connectivity index (χ3n) is 7.59. The Bertz CT molecular complexity index is 1280. The topological polar surface area (TPSA) is 87.3 Å². The highest BCUT2D eigenvalue weighted by Gasteiger charge is 2.54. The minimum Gasteiger partial charge on any atom is -0.332 e. The van der Waals surface area contributed by atoms with Crippen molar-refractivity contribution in [3.05, 3.63) is 54.1 Å². The van der Waals surface area contributed by atoms with E-state index in [4.69, 9.17) is 12.2 Å². The summed E-state index contributed by atoms with van der Waals surface area (Å²) in [6, 6.07) is 9.65. The van der Waals surface area contributed by atoms with Gasteiger partial charge in [0.1, 0.15) is 0 Å². The molecule has 0 heterocycles. The maximum atomic E-state index is 13.2. The van der Waals surface area contributed by atoms with E-state index < -0.39 is 21.8 Å². The number of nitrogens with one attached hydrogen (secondary N) is 3. The smallest absolute Gasteiger partial charge is 0.332 e. The van der Waals surface area contributed by atoms with Crippen molar-refractivity contribution in [2.45, 2.75) is 49.6 Å². The molecule has 4 aliphatic carbocycles. The fraction of sp³-hybridized carbons (Fsp3) is 0.440. The van der Waals surface area contributed by atoms with Crippen molar-refractivity contribution in [1.82, 2.24) is 5.32 Å². The average Bonchev–Trinajstić information content (AvgIpc) is 2.77. The zero-order valence-electron chi connectivity index (χ0n) is 19.3. The second-order valence-electron chi connectivity index (χ2n) is 10.3. The molecule has 3 N–H and O–H groups in total. The lowest BCUT2D eigenvalue weighted by atomic mass is 9.49. The predicted molar refractivity (Wildman–Crippen MR) is 134 cm³/mol. The molecule has 2 aromatic carbocycles. The van der Waals surface area contributed by atoms with Gasteiger partial charge in [-0.2, -0.15) is 13.2 Å². The van der Waals surface area contributed by atoms with Crippen LogP contribution in [-0.4, -0.2) is 19.4 Å². The van der Waals surface area contributed by atoms with Crippen LogP contribution in [0.3, 0.4) is 0 Å². The van der Waals surface area contributed by atoms with Gasteiger partial charge >= 0.3 is 6.18 Å². The Morgan fingerprint density at radius 2 is 1.50 bits per heavy atom. The minimum absolute atomic E-state index is 0.0749. The number of anilines is 2. The van der Waals surface area contributed by atoms with E-state index in [1.165, 1.54) is 43.5 Å². The van der Waals surface area contributed by atoms with Gasteiger partial charge in [-0.1, -0.05) is 12.1 Å². The zero-order valence-corrected chi connectivity index (χ0v) is 20.9. The van der Waals surface area contributed by atoms with E-state index in [-0.39, 0.29) is 27.0 Å². The third kappa shape index (κ3) is 5.08. The van der Waals surface area contributed by atoms with E-state index in [9.17, 15) is 26.4 Å². The summed E-state index contributed by atoms with van der Waals surface area (Å²) in [4.78, 5) is 13.0. The Hall–Kier alpha value is -2.66. The van der Waals surface area contributed by atoms with E-state index in [1.807, 2.05) is 0 Å². The molecule has 4 bridgehead atoms. The van der Waals surface area contributed by atoms with Crippen LogP contribution in [0, 0.1) is 23.2 Å². The molecular weight excluding hydrogens is 511 g/mol. The molecule has 1 amide bonds. The van der Waals surface area contributed by atoms with Gasteiger partial charge < -0.3 is 10.6 Å². The molecule has 0 atom stereocenters. The first kappa shape index (κ1) is 25.0. The van der Waals surface area contributed by atoms with Gasteiger partial charge in [0.2, 0.25) is 5.91 Å². The van der Waals surface area contributed by atoms with E-state index >= 15 is 0 Å². The lowest BCUT2D eigenvalue weighted by Crippen LogP contribution is -2.55. The molecule has 4 fully saturated rings. The van der Waals surface area contributed by atoms with Crippen LogP contribution in [0.2, 0.25) is 0 Å². The molecule has 6 nitrogen and oxygen atoms in total. The molecule has 0 aromatic heterocycles. The fourth-order valence-electron chi connectivity index (χ4n) is 6.50. The Morgan fingerprint density at radius 3 is 2.11 bits per heavy atom. The Morgan fingerprint density at radius 1 is 0.917 bits per heavy atom. The number of alkyl halides is 3. The Balaban J connectivity index is 1.25. The first-order chi connectivity index (χ1) is 16.9. The largest absolute Gasteiger partial charge is 0.416 e. The highest BCUT2D eigenvalue weighted by atomic mass is 32.2. The van der Waals surface area contributed by atoms with Gasteiger partial charge in [-0.05, 0) is 105 Å². The lowest BCUT2D eigenvalue weighted by Gasteiger charge is -2.55. The number of halogens is 3. The Kier molecular flexibility index (Phi) is 6.27. The number of hydrogen-bond donors (Lipinski definition) is 3. The van der Waals surface area contributed by atoms with Crippen LogP contribution in [0.25, 0.3) is 0 Å². The molecule has 11 heteroatoms. The summed E-state index contributed by atoms with van der Waals surface area (Å²) >= 11 is 5.34. The van der Waals surface area contributed by atoms with Crippen LogP contribution in [0.1, 0.15) is 44.1 Å². The number of sulfonamides is 1. The number of thiocarbonyl (C=S) groups is 1. The third-order valence-corrected chi connectivity index (χ3v) is 9.17. The van der Waals surface area contributed by atoms with Gasteiger partial charge in [-0.25, -0.2) is 8.42 Å². The van der Waals surface area contributed by atoms with Gasteiger partial charge in [0.05, 0.1) is 15.9 Å². The fourth-order valence-corrected chi connectivity index (χ4v) is 7.81. The number of carbonyl (C=O) groups is 1. The zero-order chi connectivity index (χ0) is 25.7. The van der Waals surface area contributed by atoms with Crippen molar-refractivity contribution in [3.8, 4) is 0 Å². The maximum absolute atomic E-state index is 13.2. The number of hydrogen-bond acceptors (Lipinski definition) is 4. The molecule has 0 aliphatic heterocycles. The van der Waals surface area contributed by atoms with Gasteiger partial charge in [0.15, 0.2) is 5.11 Å². The van der Waals surface area contributed by atoms with Crippen LogP contribution in [0.4, 0.5) is 24.5 Å². The van der Waals surface area contributed by atoms with E-state index in [1.54, 1.807) is 6.07 Å². The van der Waals surface area contributed by atoms with Gasteiger partial charge in [-0.3, -0.25) is 9.52 Å². The Labute approximate surface area is 213 Å². The quantitative estimate of drug-likeness (QED) is 0.437. The van der Waals surface area contributed by atoms with Gasteiger partial charge in [0.25, 0.3) is 10.0 Å². The number of carbonyl (C=O) groups excluding carboxylic acids is 1. The van der Waals surface area contributed by atoms with Crippen LogP contribution < -0.4 is 15.4 Å². The molecule has 0 radical (unpaired) electrons. The first-order valence-corrected chi connectivity index (χ1v) is 13.7. The summed E-state index contributed by atoms with van der Waals surface area (Å²) in [6.07, 6.45) is 1.72. The molecule has 6 rings (SSSR count). The van der Waals surface area contributed by atoms with E-state index in [0.29, 0.717) is 23.4 Å². The number of benzene rings is 2.